The minimum atomic E-state index is -0.539. The zero-order valence-electron chi connectivity index (χ0n) is 17.4. The van der Waals surface area contributed by atoms with Crippen molar-refractivity contribution in [3.8, 4) is 5.75 Å². The summed E-state index contributed by atoms with van der Waals surface area (Å²) < 4.78 is 20.6. The molecule has 34 heavy (non-hydrogen) atoms. The van der Waals surface area contributed by atoms with Crippen LogP contribution in [0.25, 0.3) is 6.08 Å². The largest absolute Gasteiger partial charge is 0.488 e. The molecule has 7 nitrogen and oxygen atoms in total. The highest BCUT2D eigenvalue weighted by Crippen LogP contribution is 2.36. The van der Waals surface area contributed by atoms with Gasteiger partial charge in [-0.25, -0.2) is 4.39 Å². The van der Waals surface area contributed by atoms with Crippen molar-refractivity contribution in [3.63, 3.8) is 0 Å². The first-order valence-electron chi connectivity index (χ1n) is 9.97. The Kier molecular flexibility index (Phi) is 7.09. The first kappa shape index (κ1) is 23.7. The van der Waals surface area contributed by atoms with E-state index in [2.05, 4.69) is 15.9 Å². The van der Waals surface area contributed by atoms with Gasteiger partial charge in [0.1, 0.15) is 18.2 Å². The molecular formula is C24H16BrFN2O5S. The lowest BCUT2D eigenvalue weighted by Crippen LogP contribution is -2.27. The average molecular weight is 543 g/mol. The monoisotopic (exact) mass is 542 g/mol. The number of hydrogen-bond acceptors (Lipinski definition) is 6. The molecule has 1 saturated heterocycles. The van der Waals surface area contributed by atoms with E-state index in [4.69, 9.17) is 4.74 Å². The van der Waals surface area contributed by atoms with Crippen LogP contribution >= 0.6 is 27.7 Å². The number of thioether (sulfide) groups is 1. The summed E-state index contributed by atoms with van der Waals surface area (Å²) >= 11 is 4.13. The second-order valence-electron chi connectivity index (χ2n) is 7.22. The Bertz CT molecular complexity index is 1330. The molecule has 1 fully saturated rings. The number of nitrogens with zero attached hydrogens (tertiary/aromatic N) is 2. The lowest BCUT2D eigenvalue weighted by Gasteiger charge is -2.13. The third kappa shape index (κ3) is 5.18. The predicted octanol–water partition coefficient (Wildman–Crippen LogP) is 6.31. The third-order valence-corrected chi connectivity index (χ3v) is 6.39. The number of imide groups is 1. The van der Waals surface area contributed by atoms with Gasteiger partial charge >= 0.3 is 0 Å². The Morgan fingerprint density at radius 1 is 1.06 bits per heavy atom. The number of nitro benzene ring substituents is 1. The van der Waals surface area contributed by atoms with Gasteiger partial charge in [0.25, 0.3) is 16.8 Å². The fourth-order valence-electron chi connectivity index (χ4n) is 3.30. The minimum Gasteiger partial charge on any atom is -0.488 e. The summed E-state index contributed by atoms with van der Waals surface area (Å²) in [6.45, 7) is -0.234. The van der Waals surface area contributed by atoms with Crippen LogP contribution in [0.4, 0.5) is 14.9 Å². The topological polar surface area (TPSA) is 89.7 Å². The third-order valence-electron chi connectivity index (χ3n) is 4.99. The molecule has 0 N–H and O–H groups in total. The molecule has 10 heteroatoms. The van der Waals surface area contributed by atoms with Crippen molar-refractivity contribution >= 4 is 50.6 Å². The van der Waals surface area contributed by atoms with Gasteiger partial charge in [-0.2, -0.15) is 0 Å². The molecule has 0 spiro atoms. The summed E-state index contributed by atoms with van der Waals surface area (Å²) in [5.74, 6) is -0.659. The molecule has 1 aliphatic heterocycles. The highest BCUT2D eigenvalue weighted by molar-refractivity contribution is 9.10. The molecule has 0 aromatic heterocycles. The lowest BCUT2D eigenvalue weighted by molar-refractivity contribution is -0.385. The van der Waals surface area contributed by atoms with E-state index in [0.717, 1.165) is 16.7 Å². The van der Waals surface area contributed by atoms with Crippen LogP contribution in [0.15, 0.2) is 76.1 Å². The number of nitro groups is 1. The Morgan fingerprint density at radius 2 is 1.76 bits per heavy atom. The van der Waals surface area contributed by atoms with Crippen molar-refractivity contribution in [2.45, 2.75) is 13.2 Å². The van der Waals surface area contributed by atoms with Gasteiger partial charge in [-0.3, -0.25) is 24.6 Å². The molecule has 172 valence electrons. The minimum absolute atomic E-state index is 0.0598. The maximum Gasteiger partial charge on any atom is 0.293 e. The van der Waals surface area contributed by atoms with Crippen LogP contribution in [0.2, 0.25) is 0 Å². The van der Waals surface area contributed by atoms with Crippen LogP contribution in [0.5, 0.6) is 5.75 Å². The van der Waals surface area contributed by atoms with E-state index in [-0.39, 0.29) is 29.3 Å². The normalized spacial score (nSPS) is 14.6. The van der Waals surface area contributed by atoms with E-state index in [1.807, 2.05) is 0 Å². The number of halogens is 2. The van der Waals surface area contributed by atoms with Crippen molar-refractivity contribution in [2.75, 3.05) is 0 Å². The number of amides is 2. The predicted molar refractivity (Wildman–Crippen MR) is 129 cm³/mol. The number of benzene rings is 3. The van der Waals surface area contributed by atoms with Gasteiger partial charge in [0.15, 0.2) is 0 Å². The SMILES string of the molecule is O=C1S/C(=C\c2cc(Br)ccc2OCc2ccccc2[N+](=O)[O-])C(=O)N1Cc1ccccc1F. The molecule has 1 aliphatic rings. The van der Waals surface area contributed by atoms with E-state index in [1.165, 1.54) is 30.3 Å². The van der Waals surface area contributed by atoms with Gasteiger partial charge in [0.2, 0.25) is 0 Å². The number of para-hydroxylation sites is 1. The van der Waals surface area contributed by atoms with Crippen LogP contribution in [0, 0.1) is 15.9 Å². The second-order valence-corrected chi connectivity index (χ2v) is 9.12. The van der Waals surface area contributed by atoms with Crippen molar-refractivity contribution in [3.05, 3.63) is 109 Å². The Morgan fingerprint density at radius 3 is 2.50 bits per heavy atom. The molecule has 2 amide bonds. The number of carbonyl (C=O) groups is 2. The van der Waals surface area contributed by atoms with E-state index < -0.39 is 21.9 Å². The van der Waals surface area contributed by atoms with Crippen molar-refractivity contribution < 1.29 is 23.6 Å². The molecule has 3 aromatic carbocycles. The van der Waals surface area contributed by atoms with Gasteiger partial charge in [-0.1, -0.05) is 46.3 Å². The van der Waals surface area contributed by atoms with Crippen molar-refractivity contribution in [1.82, 2.24) is 4.90 Å². The second kappa shape index (κ2) is 10.2. The Hall–Kier alpha value is -3.50. The Labute approximate surface area is 206 Å². The van der Waals surface area contributed by atoms with Crippen LogP contribution < -0.4 is 4.74 Å². The molecule has 0 atom stereocenters. The molecule has 0 bridgehead atoms. The molecule has 0 radical (unpaired) electrons. The van der Waals surface area contributed by atoms with E-state index in [1.54, 1.807) is 42.5 Å². The van der Waals surface area contributed by atoms with Crippen molar-refractivity contribution in [1.29, 1.82) is 0 Å². The zero-order chi connectivity index (χ0) is 24.2. The zero-order valence-corrected chi connectivity index (χ0v) is 19.8. The molecule has 4 rings (SSSR count). The molecule has 1 heterocycles. The summed E-state index contributed by atoms with van der Waals surface area (Å²) in [5.41, 5.74) is 1.08. The summed E-state index contributed by atoms with van der Waals surface area (Å²) in [6.07, 6.45) is 1.52. The quantitative estimate of drug-likeness (QED) is 0.197. The number of hydrogen-bond donors (Lipinski definition) is 0. The van der Waals surface area contributed by atoms with Crippen LogP contribution in [-0.2, 0) is 17.9 Å². The van der Waals surface area contributed by atoms with Crippen LogP contribution in [0.3, 0.4) is 0 Å². The van der Waals surface area contributed by atoms with E-state index in [0.29, 0.717) is 21.3 Å². The maximum atomic E-state index is 14.0. The summed E-state index contributed by atoms with van der Waals surface area (Å²) in [5, 5.41) is 10.8. The van der Waals surface area contributed by atoms with Gasteiger partial charge in [0, 0.05) is 21.7 Å². The molecular weight excluding hydrogens is 527 g/mol. The highest BCUT2D eigenvalue weighted by Gasteiger charge is 2.35. The lowest BCUT2D eigenvalue weighted by atomic mass is 10.1. The summed E-state index contributed by atoms with van der Waals surface area (Å²) in [4.78, 5) is 37.3. The van der Waals surface area contributed by atoms with Crippen LogP contribution in [-0.4, -0.2) is 21.0 Å². The standard InChI is InChI=1S/C24H16BrFN2O5S/c25-18-9-10-21(33-14-16-6-2-4-8-20(16)28(31)32)17(11-18)12-22-23(29)27(24(30)34-22)13-15-5-1-3-7-19(15)26/h1-12H,13-14H2/b22-12-. The fourth-order valence-corrected chi connectivity index (χ4v) is 4.51. The van der Waals surface area contributed by atoms with E-state index in [9.17, 15) is 24.1 Å². The summed E-state index contributed by atoms with van der Waals surface area (Å²) in [7, 11) is 0. The Balaban J connectivity index is 1.58. The number of carbonyl (C=O) groups excluding carboxylic acids is 2. The first-order valence-corrected chi connectivity index (χ1v) is 11.6. The van der Waals surface area contributed by atoms with Gasteiger partial charge < -0.3 is 4.74 Å². The maximum absolute atomic E-state index is 14.0. The van der Waals surface area contributed by atoms with Gasteiger partial charge in [0.05, 0.1) is 21.9 Å². The summed E-state index contributed by atoms with van der Waals surface area (Å²) in [6, 6.07) is 17.3. The molecule has 3 aromatic rings. The van der Waals surface area contributed by atoms with Gasteiger partial charge in [-0.15, -0.1) is 0 Å². The molecule has 0 aliphatic carbocycles. The number of rotatable bonds is 7. The van der Waals surface area contributed by atoms with Crippen LogP contribution in [0.1, 0.15) is 16.7 Å². The number of ether oxygens (including phenoxy) is 1. The molecule has 0 unspecified atom stereocenters. The molecule has 0 saturated carbocycles. The van der Waals surface area contributed by atoms with E-state index >= 15 is 0 Å². The van der Waals surface area contributed by atoms with Crippen molar-refractivity contribution in [2.24, 2.45) is 0 Å². The smallest absolute Gasteiger partial charge is 0.293 e. The average Bonchev–Trinajstić information content (AvgIpc) is 3.07. The first-order chi connectivity index (χ1) is 16.3. The van der Waals surface area contributed by atoms with Gasteiger partial charge in [-0.05, 0) is 48.2 Å². The fraction of sp³-hybridized carbons (Fsp3) is 0.0833. The highest BCUT2D eigenvalue weighted by atomic mass is 79.9.